The first-order chi connectivity index (χ1) is 11.8. The molecule has 1 aromatic carbocycles. The molecule has 0 saturated carbocycles. The number of carbonyl (C=O) groups excluding carboxylic acids is 2. The Hall–Kier alpha value is -3.36. The number of amides is 2. The molecule has 0 radical (unpaired) electrons. The van der Waals surface area contributed by atoms with Crippen LogP contribution in [0.2, 0.25) is 0 Å². The maximum Gasteiger partial charge on any atom is 0.295 e. The van der Waals surface area contributed by atoms with Crippen LogP contribution in [0.15, 0.2) is 24.3 Å². The van der Waals surface area contributed by atoms with E-state index in [0.717, 1.165) is 17.5 Å². The first-order valence-electron chi connectivity index (χ1n) is 7.43. The fourth-order valence-corrected chi connectivity index (χ4v) is 2.34. The van der Waals surface area contributed by atoms with Crippen LogP contribution in [0, 0.1) is 19.7 Å². The number of rotatable bonds is 3. The van der Waals surface area contributed by atoms with E-state index < -0.39 is 11.7 Å². The molecule has 0 atom stereocenters. The molecule has 0 aliphatic heterocycles. The van der Waals surface area contributed by atoms with Crippen LogP contribution in [0.1, 0.15) is 28.9 Å². The van der Waals surface area contributed by atoms with Crippen LogP contribution < -0.4 is 10.6 Å². The summed E-state index contributed by atoms with van der Waals surface area (Å²) in [7, 11) is 0. The standard InChI is InChI=1S/C16H15FN6O2/c1-8-6-9(2)23-16(18-8)21-14(22-23)15(25)20-13-7-11(19-10(3)24)4-5-12(13)17/h4-7H,1-3H3,(H,19,24)(H,20,25). The Morgan fingerprint density at radius 2 is 1.88 bits per heavy atom. The Kier molecular flexibility index (Phi) is 4.14. The lowest BCUT2D eigenvalue weighted by molar-refractivity contribution is -0.114. The third-order valence-electron chi connectivity index (χ3n) is 3.36. The van der Waals surface area contributed by atoms with Gasteiger partial charge in [0, 0.05) is 24.0 Å². The van der Waals surface area contributed by atoms with Crippen molar-refractivity contribution in [3.63, 3.8) is 0 Å². The number of nitrogens with one attached hydrogen (secondary N) is 2. The summed E-state index contributed by atoms with van der Waals surface area (Å²) in [6, 6.07) is 5.66. The van der Waals surface area contributed by atoms with Gasteiger partial charge in [0.05, 0.1) is 5.69 Å². The lowest BCUT2D eigenvalue weighted by Gasteiger charge is -2.07. The van der Waals surface area contributed by atoms with Crippen molar-refractivity contribution in [3.05, 3.63) is 47.3 Å². The lowest BCUT2D eigenvalue weighted by atomic mass is 10.2. The van der Waals surface area contributed by atoms with Gasteiger partial charge in [0.15, 0.2) is 0 Å². The van der Waals surface area contributed by atoms with E-state index in [0.29, 0.717) is 5.69 Å². The summed E-state index contributed by atoms with van der Waals surface area (Å²) >= 11 is 0. The van der Waals surface area contributed by atoms with E-state index in [1.54, 1.807) is 6.07 Å². The Morgan fingerprint density at radius 1 is 1.12 bits per heavy atom. The molecule has 0 aliphatic carbocycles. The zero-order valence-corrected chi connectivity index (χ0v) is 13.8. The molecule has 2 amide bonds. The van der Waals surface area contributed by atoms with E-state index >= 15 is 0 Å². The SMILES string of the molecule is CC(=O)Nc1ccc(F)c(NC(=O)c2nc3nc(C)cc(C)n3n2)c1. The van der Waals surface area contributed by atoms with Gasteiger partial charge in [-0.3, -0.25) is 9.59 Å². The van der Waals surface area contributed by atoms with Gasteiger partial charge in [-0.2, -0.15) is 4.98 Å². The summed E-state index contributed by atoms with van der Waals surface area (Å²) in [6.07, 6.45) is 0. The molecule has 0 aliphatic rings. The summed E-state index contributed by atoms with van der Waals surface area (Å²) in [4.78, 5) is 31.7. The van der Waals surface area contributed by atoms with E-state index in [1.807, 2.05) is 13.8 Å². The van der Waals surface area contributed by atoms with Gasteiger partial charge in [0.1, 0.15) is 5.82 Å². The zero-order valence-electron chi connectivity index (χ0n) is 13.8. The average molecular weight is 342 g/mol. The number of halogens is 1. The molecule has 9 heteroatoms. The van der Waals surface area contributed by atoms with Gasteiger partial charge in [-0.25, -0.2) is 13.9 Å². The summed E-state index contributed by atoms with van der Waals surface area (Å²) in [5.41, 5.74) is 1.79. The molecule has 0 spiro atoms. The molecular formula is C16H15FN6O2. The largest absolute Gasteiger partial charge is 0.326 e. The second kappa shape index (κ2) is 6.27. The summed E-state index contributed by atoms with van der Waals surface area (Å²) < 4.78 is 15.4. The van der Waals surface area contributed by atoms with Crippen molar-refractivity contribution in [1.82, 2.24) is 19.6 Å². The highest BCUT2D eigenvalue weighted by Gasteiger charge is 2.17. The number of aryl methyl sites for hydroxylation is 2. The molecule has 0 bridgehead atoms. The molecule has 3 aromatic rings. The van der Waals surface area contributed by atoms with Crippen LogP contribution in [0.3, 0.4) is 0 Å². The number of carbonyl (C=O) groups is 2. The fourth-order valence-electron chi connectivity index (χ4n) is 2.34. The van der Waals surface area contributed by atoms with Crippen LogP contribution >= 0.6 is 0 Å². The minimum absolute atomic E-state index is 0.0871. The minimum atomic E-state index is -0.679. The van der Waals surface area contributed by atoms with Gasteiger partial charge in [0.25, 0.3) is 11.7 Å². The monoisotopic (exact) mass is 342 g/mol. The van der Waals surface area contributed by atoms with Gasteiger partial charge in [-0.1, -0.05) is 0 Å². The van der Waals surface area contributed by atoms with Crippen molar-refractivity contribution >= 4 is 29.0 Å². The first kappa shape index (κ1) is 16.5. The molecule has 8 nitrogen and oxygen atoms in total. The highest BCUT2D eigenvalue weighted by atomic mass is 19.1. The highest BCUT2D eigenvalue weighted by Crippen LogP contribution is 2.20. The number of aromatic nitrogens is 4. The summed E-state index contributed by atoms with van der Waals surface area (Å²) in [6.45, 7) is 4.96. The van der Waals surface area contributed by atoms with Crippen LogP contribution in [0.25, 0.3) is 5.78 Å². The smallest absolute Gasteiger partial charge is 0.295 e. The van der Waals surface area contributed by atoms with Gasteiger partial charge < -0.3 is 10.6 Å². The predicted molar refractivity (Wildman–Crippen MR) is 88.9 cm³/mol. The second-order valence-electron chi connectivity index (χ2n) is 5.52. The summed E-state index contributed by atoms with van der Waals surface area (Å²) in [5.74, 6) is -1.47. The molecule has 2 aromatic heterocycles. The van der Waals surface area contributed by atoms with E-state index in [2.05, 4.69) is 25.7 Å². The molecule has 0 saturated heterocycles. The second-order valence-corrected chi connectivity index (χ2v) is 5.52. The molecule has 3 rings (SSSR count). The number of anilines is 2. The van der Waals surface area contributed by atoms with E-state index in [4.69, 9.17) is 0 Å². The van der Waals surface area contributed by atoms with Gasteiger partial charge in [-0.15, -0.1) is 5.10 Å². The molecule has 2 N–H and O–H groups in total. The van der Waals surface area contributed by atoms with Crippen molar-refractivity contribution in [2.75, 3.05) is 10.6 Å². The molecule has 0 unspecified atom stereocenters. The normalized spacial score (nSPS) is 10.7. The zero-order chi connectivity index (χ0) is 18.1. The van der Waals surface area contributed by atoms with Crippen molar-refractivity contribution in [2.24, 2.45) is 0 Å². The lowest BCUT2D eigenvalue weighted by Crippen LogP contribution is -2.15. The maximum absolute atomic E-state index is 13.9. The fraction of sp³-hybridized carbons (Fsp3) is 0.188. The summed E-state index contributed by atoms with van der Waals surface area (Å²) in [5, 5.41) is 9.01. The molecule has 2 heterocycles. The number of nitrogens with zero attached hydrogens (tertiary/aromatic N) is 4. The van der Waals surface area contributed by atoms with Crippen molar-refractivity contribution in [1.29, 1.82) is 0 Å². The third-order valence-corrected chi connectivity index (χ3v) is 3.36. The Balaban J connectivity index is 1.90. The number of hydrogen-bond donors (Lipinski definition) is 2. The van der Waals surface area contributed by atoms with Crippen LogP contribution in [-0.2, 0) is 4.79 Å². The minimum Gasteiger partial charge on any atom is -0.326 e. The van der Waals surface area contributed by atoms with Crippen LogP contribution in [0.4, 0.5) is 15.8 Å². The van der Waals surface area contributed by atoms with Gasteiger partial charge in [-0.05, 0) is 38.1 Å². The average Bonchev–Trinajstić information content (AvgIpc) is 2.94. The molecule has 25 heavy (non-hydrogen) atoms. The van der Waals surface area contributed by atoms with E-state index in [-0.39, 0.29) is 23.2 Å². The van der Waals surface area contributed by atoms with Crippen LogP contribution in [-0.4, -0.2) is 31.4 Å². The maximum atomic E-state index is 13.9. The van der Waals surface area contributed by atoms with Crippen molar-refractivity contribution in [2.45, 2.75) is 20.8 Å². The predicted octanol–water partition coefficient (Wildman–Crippen LogP) is 2.09. The third kappa shape index (κ3) is 3.44. The van der Waals surface area contributed by atoms with Crippen molar-refractivity contribution < 1.29 is 14.0 Å². The molecule has 0 fully saturated rings. The number of hydrogen-bond acceptors (Lipinski definition) is 5. The van der Waals surface area contributed by atoms with Crippen molar-refractivity contribution in [3.8, 4) is 0 Å². The number of fused-ring (bicyclic) bond motifs is 1. The Labute approximate surface area is 142 Å². The Bertz CT molecular complexity index is 998. The number of benzene rings is 1. The molecular weight excluding hydrogens is 327 g/mol. The van der Waals surface area contributed by atoms with Crippen LogP contribution in [0.5, 0.6) is 0 Å². The van der Waals surface area contributed by atoms with E-state index in [9.17, 15) is 14.0 Å². The first-order valence-corrected chi connectivity index (χ1v) is 7.43. The Morgan fingerprint density at radius 3 is 2.60 bits per heavy atom. The quantitative estimate of drug-likeness (QED) is 0.759. The highest BCUT2D eigenvalue weighted by molar-refractivity contribution is 6.02. The van der Waals surface area contributed by atoms with Gasteiger partial charge in [0.2, 0.25) is 11.7 Å². The topological polar surface area (TPSA) is 101 Å². The molecule has 128 valence electrons. The van der Waals surface area contributed by atoms with Gasteiger partial charge >= 0.3 is 0 Å². The van der Waals surface area contributed by atoms with E-state index in [1.165, 1.54) is 23.6 Å².